The van der Waals surface area contributed by atoms with Crippen molar-refractivity contribution in [1.29, 1.82) is 0 Å². The molecule has 0 saturated carbocycles. The predicted molar refractivity (Wildman–Crippen MR) is 85.1 cm³/mol. The van der Waals surface area contributed by atoms with Gasteiger partial charge in [-0.2, -0.15) is 0 Å². The lowest BCUT2D eigenvalue weighted by molar-refractivity contribution is 0.469. The SMILES string of the molecule is CCCc1nc(-c2ccc(O)cc2F)sc1CNC(C)C. The van der Waals surface area contributed by atoms with Gasteiger partial charge in [0.2, 0.25) is 0 Å². The van der Waals surface area contributed by atoms with E-state index in [1.165, 1.54) is 17.4 Å². The Kier molecular flexibility index (Phi) is 5.31. The Labute approximate surface area is 128 Å². The first-order valence-electron chi connectivity index (χ1n) is 7.22. The number of hydrogen-bond donors (Lipinski definition) is 2. The van der Waals surface area contributed by atoms with Gasteiger partial charge in [-0.25, -0.2) is 9.37 Å². The topological polar surface area (TPSA) is 45.2 Å². The highest BCUT2D eigenvalue weighted by atomic mass is 32.1. The third-order valence-corrected chi connectivity index (χ3v) is 4.25. The molecule has 0 spiro atoms. The number of aryl methyl sites for hydroxylation is 1. The number of rotatable bonds is 6. The van der Waals surface area contributed by atoms with Gasteiger partial charge >= 0.3 is 0 Å². The average Bonchev–Trinajstić information content (AvgIpc) is 2.80. The van der Waals surface area contributed by atoms with Crippen LogP contribution in [0.4, 0.5) is 4.39 Å². The van der Waals surface area contributed by atoms with Crippen LogP contribution < -0.4 is 5.32 Å². The average molecular weight is 308 g/mol. The van der Waals surface area contributed by atoms with Crippen molar-refractivity contribution in [2.75, 3.05) is 0 Å². The van der Waals surface area contributed by atoms with Crippen molar-refractivity contribution in [3.8, 4) is 16.3 Å². The molecular formula is C16H21FN2OS. The highest BCUT2D eigenvalue weighted by Crippen LogP contribution is 2.32. The summed E-state index contributed by atoms with van der Waals surface area (Å²) < 4.78 is 14.0. The van der Waals surface area contributed by atoms with E-state index in [1.807, 2.05) is 0 Å². The second-order valence-corrected chi connectivity index (χ2v) is 6.42. The molecule has 5 heteroatoms. The molecule has 2 N–H and O–H groups in total. The van der Waals surface area contributed by atoms with Crippen LogP contribution in [0.3, 0.4) is 0 Å². The number of phenols is 1. The molecule has 21 heavy (non-hydrogen) atoms. The molecule has 0 saturated heterocycles. The van der Waals surface area contributed by atoms with Crippen molar-refractivity contribution >= 4 is 11.3 Å². The van der Waals surface area contributed by atoms with E-state index < -0.39 is 5.82 Å². The number of phenolic OH excluding ortho intramolecular Hbond substituents is 1. The molecule has 114 valence electrons. The van der Waals surface area contributed by atoms with Crippen molar-refractivity contribution < 1.29 is 9.50 Å². The monoisotopic (exact) mass is 308 g/mol. The number of thiazole rings is 1. The largest absolute Gasteiger partial charge is 0.508 e. The lowest BCUT2D eigenvalue weighted by Gasteiger charge is -2.07. The van der Waals surface area contributed by atoms with Gasteiger partial charge in [-0.1, -0.05) is 27.2 Å². The number of nitrogens with zero attached hydrogens (tertiary/aromatic N) is 1. The van der Waals surface area contributed by atoms with E-state index in [9.17, 15) is 9.50 Å². The van der Waals surface area contributed by atoms with Gasteiger partial charge in [0.05, 0.1) is 5.69 Å². The van der Waals surface area contributed by atoms with Gasteiger partial charge in [-0.05, 0) is 18.6 Å². The molecule has 0 amide bonds. The molecule has 1 heterocycles. The Hall–Kier alpha value is -1.46. The molecule has 0 radical (unpaired) electrons. The van der Waals surface area contributed by atoms with Gasteiger partial charge in [-0.3, -0.25) is 0 Å². The molecule has 0 aliphatic heterocycles. The molecule has 1 aromatic carbocycles. The maximum atomic E-state index is 14.0. The summed E-state index contributed by atoms with van der Waals surface area (Å²) in [6, 6.07) is 4.60. The van der Waals surface area contributed by atoms with Gasteiger partial charge in [0.1, 0.15) is 16.6 Å². The zero-order valence-electron chi connectivity index (χ0n) is 12.6. The second kappa shape index (κ2) is 7.00. The van der Waals surface area contributed by atoms with Gasteiger partial charge in [0.15, 0.2) is 0 Å². The minimum absolute atomic E-state index is 0.0664. The predicted octanol–water partition coefficient (Wildman–Crippen LogP) is 4.11. The summed E-state index contributed by atoms with van der Waals surface area (Å²) in [5.74, 6) is -0.501. The zero-order chi connectivity index (χ0) is 15.4. The van der Waals surface area contributed by atoms with Crippen LogP contribution >= 0.6 is 11.3 Å². The van der Waals surface area contributed by atoms with Gasteiger partial charge in [-0.15, -0.1) is 11.3 Å². The Morgan fingerprint density at radius 1 is 1.38 bits per heavy atom. The zero-order valence-corrected chi connectivity index (χ0v) is 13.4. The molecule has 0 aliphatic carbocycles. The Balaban J connectivity index is 2.33. The summed E-state index contributed by atoms with van der Waals surface area (Å²) in [4.78, 5) is 5.76. The molecule has 1 aromatic heterocycles. The lowest BCUT2D eigenvalue weighted by atomic mass is 10.2. The molecule has 3 nitrogen and oxygen atoms in total. The van der Waals surface area contributed by atoms with E-state index in [2.05, 4.69) is 31.1 Å². The fraction of sp³-hybridized carbons (Fsp3) is 0.438. The van der Waals surface area contributed by atoms with Crippen LogP contribution in [0.2, 0.25) is 0 Å². The van der Waals surface area contributed by atoms with Crippen molar-refractivity contribution in [3.63, 3.8) is 0 Å². The maximum Gasteiger partial charge on any atom is 0.137 e. The van der Waals surface area contributed by atoms with Gasteiger partial charge < -0.3 is 10.4 Å². The molecule has 0 unspecified atom stereocenters. The Morgan fingerprint density at radius 3 is 2.76 bits per heavy atom. The van der Waals surface area contributed by atoms with Crippen LogP contribution in [0.1, 0.15) is 37.8 Å². The van der Waals surface area contributed by atoms with E-state index in [0.29, 0.717) is 16.6 Å². The van der Waals surface area contributed by atoms with Crippen molar-refractivity contribution in [2.45, 2.75) is 46.2 Å². The molecule has 0 fully saturated rings. The van der Waals surface area contributed by atoms with Crippen molar-refractivity contribution in [3.05, 3.63) is 34.6 Å². The third kappa shape index (κ3) is 4.02. The van der Waals surface area contributed by atoms with E-state index >= 15 is 0 Å². The smallest absolute Gasteiger partial charge is 0.137 e. The molecule has 0 bridgehead atoms. The standard InChI is InChI=1S/C16H21FN2OS/c1-4-5-14-15(9-18-10(2)3)21-16(19-14)12-7-6-11(20)8-13(12)17/h6-8,10,18,20H,4-5,9H2,1-3H3. The Bertz CT molecular complexity index is 610. The summed E-state index contributed by atoms with van der Waals surface area (Å²) in [6.45, 7) is 7.06. The number of benzene rings is 1. The minimum atomic E-state index is -0.435. The summed E-state index contributed by atoms with van der Waals surface area (Å²) in [6.07, 6.45) is 1.90. The summed E-state index contributed by atoms with van der Waals surface area (Å²) in [5, 5.41) is 13.4. The normalized spacial score (nSPS) is 11.3. The van der Waals surface area contributed by atoms with Crippen LogP contribution in [0.15, 0.2) is 18.2 Å². The fourth-order valence-electron chi connectivity index (χ4n) is 2.04. The highest BCUT2D eigenvalue weighted by Gasteiger charge is 2.15. The molecular weight excluding hydrogens is 287 g/mol. The number of halogens is 1. The van der Waals surface area contributed by atoms with Crippen LogP contribution in [0, 0.1) is 5.82 Å². The van der Waals surface area contributed by atoms with Crippen LogP contribution in [0.5, 0.6) is 5.75 Å². The first-order chi connectivity index (χ1) is 10.0. The van der Waals surface area contributed by atoms with E-state index in [4.69, 9.17) is 0 Å². The molecule has 2 aromatic rings. The summed E-state index contributed by atoms with van der Waals surface area (Å²) in [7, 11) is 0. The third-order valence-electron chi connectivity index (χ3n) is 3.12. The van der Waals surface area contributed by atoms with Crippen LogP contribution in [-0.4, -0.2) is 16.1 Å². The lowest BCUT2D eigenvalue weighted by Crippen LogP contribution is -2.21. The maximum absolute atomic E-state index is 14.0. The van der Waals surface area contributed by atoms with Crippen LogP contribution in [-0.2, 0) is 13.0 Å². The van der Waals surface area contributed by atoms with Crippen molar-refractivity contribution in [1.82, 2.24) is 10.3 Å². The molecule has 2 rings (SSSR count). The second-order valence-electron chi connectivity index (χ2n) is 5.34. The van der Waals surface area contributed by atoms with Crippen molar-refractivity contribution in [2.24, 2.45) is 0 Å². The van der Waals surface area contributed by atoms with E-state index in [1.54, 1.807) is 6.07 Å². The molecule has 0 atom stereocenters. The minimum Gasteiger partial charge on any atom is -0.508 e. The fourth-order valence-corrected chi connectivity index (χ4v) is 3.13. The van der Waals surface area contributed by atoms with Gasteiger partial charge in [0, 0.05) is 29.1 Å². The van der Waals surface area contributed by atoms with E-state index in [-0.39, 0.29) is 5.75 Å². The number of nitrogens with one attached hydrogen (secondary N) is 1. The number of aromatic nitrogens is 1. The first kappa shape index (κ1) is 15.9. The first-order valence-corrected chi connectivity index (χ1v) is 8.03. The number of hydrogen-bond acceptors (Lipinski definition) is 4. The quantitative estimate of drug-likeness (QED) is 0.844. The summed E-state index contributed by atoms with van der Waals surface area (Å²) in [5.41, 5.74) is 1.49. The summed E-state index contributed by atoms with van der Waals surface area (Å²) >= 11 is 1.52. The molecule has 0 aliphatic rings. The van der Waals surface area contributed by atoms with Crippen LogP contribution in [0.25, 0.3) is 10.6 Å². The number of aromatic hydroxyl groups is 1. The van der Waals surface area contributed by atoms with Gasteiger partial charge in [0.25, 0.3) is 0 Å². The van der Waals surface area contributed by atoms with E-state index in [0.717, 1.165) is 36.0 Å². The highest BCUT2D eigenvalue weighted by molar-refractivity contribution is 7.15. The Morgan fingerprint density at radius 2 is 2.14 bits per heavy atom.